The zero-order valence-corrected chi connectivity index (χ0v) is 15.2. The second-order valence-electron chi connectivity index (χ2n) is 5.54. The third kappa shape index (κ3) is 4.98. The zero-order valence-electron chi connectivity index (χ0n) is 14.4. The molecule has 0 fully saturated rings. The number of fused-ring (bicyclic) bond motifs is 1. The predicted molar refractivity (Wildman–Crippen MR) is 97.1 cm³/mol. The summed E-state index contributed by atoms with van der Waals surface area (Å²) < 4.78 is 15.4. The molecule has 1 N–H and O–H groups in total. The van der Waals surface area contributed by atoms with Crippen LogP contribution in [0.5, 0.6) is 11.5 Å². The number of Topliss-reactive ketones (excluding diaryl/α,β-unsaturated/α-hetero) is 1. The van der Waals surface area contributed by atoms with Crippen molar-refractivity contribution in [1.82, 2.24) is 4.98 Å². The maximum atomic E-state index is 12.2. The molecule has 27 heavy (non-hydrogen) atoms. The molecule has 1 aliphatic heterocycles. The third-order valence-electron chi connectivity index (χ3n) is 3.39. The fourth-order valence-corrected chi connectivity index (χ4v) is 2.99. The largest absolute Gasteiger partial charge is 0.454 e. The lowest BCUT2D eigenvalue weighted by Crippen LogP contribution is -2.15. The highest BCUT2D eigenvalue weighted by atomic mass is 32.2. The summed E-state index contributed by atoms with van der Waals surface area (Å²) in [5.74, 6) is 0.0534. The summed E-state index contributed by atoms with van der Waals surface area (Å²) in [6.07, 6.45) is 1.51. The van der Waals surface area contributed by atoms with Crippen molar-refractivity contribution in [3.63, 3.8) is 0 Å². The van der Waals surface area contributed by atoms with Crippen molar-refractivity contribution in [2.45, 2.75) is 11.9 Å². The number of hydrogen-bond donors (Lipinski definition) is 1. The standard InChI is InChI=1S/C18H16N2O6S/c1-11(21)8-24-18(23)13-3-2-6-19-17(13)27-9-16(22)20-12-4-5-14-15(7-12)26-10-25-14/h2-7H,8-10H2,1H3,(H,20,22). The van der Waals surface area contributed by atoms with E-state index in [9.17, 15) is 14.4 Å². The minimum Gasteiger partial charge on any atom is -0.454 e. The Morgan fingerprint density at radius 1 is 1.22 bits per heavy atom. The van der Waals surface area contributed by atoms with Crippen LogP contribution in [-0.2, 0) is 14.3 Å². The van der Waals surface area contributed by atoms with Gasteiger partial charge < -0.3 is 19.5 Å². The Kier molecular flexibility index (Phi) is 5.92. The molecule has 140 valence electrons. The van der Waals surface area contributed by atoms with E-state index in [0.29, 0.717) is 22.2 Å². The minimum absolute atomic E-state index is 0.0401. The lowest BCUT2D eigenvalue weighted by molar-refractivity contribution is -0.120. The first kappa shape index (κ1) is 18.7. The molecule has 0 radical (unpaired) electrons. The summed E-state index contributed by atoms with van der Waals surface area (Å²) in [5.41, 5.74) is 0.784. The highest BCUT2D eigenvalue weighted by Gasteiger charge is 2.17. The van der Waals surface area contributed by atoms with Gasteiger partial charge in [-0.05, 0) is 31.2 Å². The molecule has 1 aliphatic rings. The molecule has 0 saturated carbocycles. The molecule has 0 aliphatic carbocycles. The van der Waals surface area contributed by atoms with Crippen LogP contribution in [0.3, 0.4) is 0 Å². The van der Waals surface area contributed by atoms with Gasteiger partial charge in [0, 0.05) is 18.0 Å². The zero-order chi connectivity index (χ0) is 19.2. The van der Waals surface area contributed by atoms with Gasteiger partial charge in [-0.15, -0.1) is 0 Å². The van der Waals surface area contributed by atoms with Crippen molar-refractivity contribution in [2.24, 2.45) is 0 Å². The maximum absolute atomic E-state index is 12.2. The van der Waals surface area contributed by atoms with Crippen LogP contribution in [0.15, 0.2) is 41.6 Å². The molecule has 0 spiro atoms. The number of aromatic nitrogens is 1. The Bertz CT molecular complexity index is 886. The number of anilines is 1. The summed E-state index contributed by atoms with van der Waals surface area (Å²) in [6.45, 7) is 1.18. The number of ether oxygens (including phenoxy) is 3. The fraction of sp³-hybridized carbons (Fsp3) is 0.222. The molecular weight excluding hydrogens is 372 g/mol. The average molecular weight is 388 g/mol. The lowest BCUT2D eigenvalue weighted by Gasteiger charge is -2.08. The number of hydrogen-bond acceptors (Lipinski definition) is 8. The SMILES string of the molecule is CC(=O)COC(=O)c1cccnc1SCC(=O)Nc1ccc2c(c1)OCO2. The van der Waals surface area contributed by atoms with Gasteiger partial charge >= 0.3 is 5.97 Å². The predicted octanol–water partition coefficient (Wildman–Crippen LogP) is 2.29. The number of nitrogens with one attached hydrogen (secondary N) is 1. The summed E-state index contributed by atoms with van der Waals surface area (Å²) in [7, 11) is 0. The van der Waals surface area contributed by atoms with Gasteiger partial charge in [-0.2, -0.15) is 0 Å². The Morgan fingerprint density at radius 2 is 2.04 bits per heavy atom. The van der Waals surface area contributed by atoms with Crippen molar-refractivity contribution >= 4 is 35.1 Å². The quantitative estimate of drug-likeness (QED) is 0.569. The summed E-state index contributed by atoms with van der Waals surface area (Å²) >= 11 is 1.10. The summed E-state index contributed by atoms with van der Waals surface area (Å²) in [6, 6.07) is 8.22. The van der Waals surface area contributed by atoms with Gasteiger partial charge in [-0.25, -0.2) is 9.78 Å². The number of amides is 1. The van der Waals surface area contributed by atoms with E-state index in [1.807, 2.05) is 0 Å². The molecule has 0 bridgehead atoms. The van der Waals surface area contributed by atoms with Crippen LogP contribution >= 0.6 is 11.8 Å². The van der Waals surface area contributed by atoms with E-state index in [-0.39, 0.29) is 36.4 Å². The average Bonchev–Trinajstić information content (AvgIpc) is 3.12. The Labute approximate surface area is 159 Å². The monoisotopic (exact) mass is 388 g/mol. The normalized spacial score (nSPS) is 11.7. The Morgan fingerprint density at radius 3 is 2.85 bits per heavy atom. The van der Waals surface area contributed by atoms with Gasteiger partial charge in [-0.1, -0.05) is 11.8 Å². The van der Waals surface area contributed by atoms with Gasteiger partial charge in [0.15, 0.2) is 17.3 Å². The van der Waals surface area contributed by atoms with Gasteiger partial charge in [-0.3, -0.25) is 9.59 Å². The van der Waals surface area contributed by atoms with E-state index in [2.05, 4.69) is 10.3 Å². The second-order valence-corrected chi connectivity index (χ2v) is 6.50. The van der Waals surface area contributed by atoms with E-state index in [1.165, 1.54) is 19.2 Å². The molecule has 2 heterocycles. The number of esters is 1. The number of ketones is 1. The molecule has 0 saturated heterocycles. The third-order valence-corrected chi connectivity index (χ3v) is 4.40. The lowest BCUT2D eigenvalue weighted by atomic mass is 10.3. The van der Waals surface area contributed by atoms with E-state index in [4.69, 9.17) is 14.2 Å². The molecule has 8 nitrogen and oxygen atoms in total. The number of benzene rings is 1. The van der Waals surface area contributed by atoms with Crippen molar-refractivity contribution in [1.29, 1.82) is 0 Å². The molecule has 0 atom stereocenters. The number of thioether (sulfide) groups is 1. The van der Waals surface area contributed by atoms with Gasteiger partial charge in [0.2, 0.25) is 12.7 Å². The molecule has 1 amide bonds. The number of rotatable bonds is 7. The molecule has 0 unspecified atom stereocenters. The smallest absolute Gasteiger partial charge is 0.341 e. The first-order valence-electron chi connectivity index (χ1n) is 7.97. The van der Waals surface area contributed by atoms with E-state index in [1.54, 1.807) is 24.3 Å². The molecule has 9 heteroatoms. The van der Waals surface area contributed by atoms with Crippen LogP contribution in [0.25, 0.3) is 0 Å². The second kappa shape index (κ2) is 8.54. The number of carbonyl (C=O) groups excluding carboxylic acids is 3. The van der Waals surface area contributed by atoms with Crippen LogP contribution in [-0.4, -0.2) is 41.8 Å². The van der Waals surface area contributed by atoms with Crippen molar-refractivity contribution < 1.29 is 28.6 Å². The van der Waals surface area contributed by atoms with E-state index in [0.717, 1.165) is 11.8 Å². The number of carbonyl (C=O) groups is 3. The van der Waals surface area contributed by atoms with Crippen molar-refractivity contribution in [3.8, 4) is 11.5 Å². The van der Waals surface area contributed by atoms with Crippen molar-refractivity contribution in [2.75, 3.05) is 24.5 Å². The van der Waals surface area contributed by atoms with E-state index >= 15 is 0 Å². The minimum atomic E-state index is -0.656. The highest BCUT2D eigenvalue weighted by molar-refractivity contribution is 8.00. The van der Waals surface area contributed by atoms with Crippen LogP contribution in [0.1, 0.15) is 17.3 Å². The molecule has 3 rings (SSSR count). The molecule has 1 aromatic heterocycles. The topological polar surface area (TPSA) is 104 Å². The van der Waals surface area contributed by atoms with Crippen LogP contribution in [0.2, 0.25) is 0 Å². The van der Waals surface area contributed by atoms with Gasteiger partial charge in [0.25, 0.3) is 0 Å². The summed E-state index contributed by atoms with van der Waals surface area (Å²) in [4.78, 5) is 39.3. The van der Waals surface area contributed by atoms with E-state index < -0.39 is 5.97 Å². The van der Waals surface area contributed by atoms with Crippen molar-refractivity contribution in [3.05, 3.63) is 42.1 Å². The number of nitrogens with zero attached hydrogens (tertiary/aromatic N) is 1. The van der Waals surface area contributed by atoms with Crippen LogP contribution in [0.4, 0.5) is 5.69 Å². The number of pyridine rings is 1. The molecular formula is C18H16N2O6S. The Balaban J connectivity index is 1.59. The van der Waals surface area contributed by atoms with Crippen LogP contribution < -0.4 is 14.8 Å². The summed E-state index contributed by atoms with van der Waals surface area (Å²) in [5, 5.41) is 3.10. The molecule has 2 aromatic rings. The first-order chi connectivity index (χ1) is 13.0. The fourth-order valence-electron chi connectivity index (χ4n) is 2.21. The van der Waals surface area contributed by atoms with Crippen LogP contribution in [0, 0.1) is 0 Å². The molecule has 1 aromatic carbocycles. The van der Waals surface area contributed by atoms with Gasteiger partial charge in [0.1, 0.15) is 11.6 Å². The van der Waals surface area contributed by atoms with Gasteiger partial charge in [0.05, 0.1) is 11.3 Å². The Hall–Kier alpha value is -3.07. The highest BCUT2D eigenvalue weighted by Crippen LogP contribution is 2.34. The first-order valence-corrected chi connectivity index (χ1v) is 8.95. The maximum Gasteiger partial charge on any atom is 0.341 e.